The lowest BCUT2D eigenvalue weighted by Crippen LogP contribution is -1.99. The zero-order valence-electron chi connectivity index (χ0n) is 12.3. The number of nitrogens with zero attached hydrogens (tertiary/aromatic N) is 4. The van der Waals surface area contributed by atoms with Crippen LogP contribution in [0.15, 0.2) is 38.8 Å². The molecule has 124 valence electrons. The molecule has 0 bridgehead atoms. The Labute approximate surface area is 144 Å². The molecule has 0 atom stereocenters. The van der Waals surface area contributed by atoms with Gasteiger partial charge in [-0.3, -0.25) is 9.59 Å². The molecule has 2 amide bonds. The molecule has 1 N–H and O–H groups in total. The first-order valence-electron chi connectivity index (χ1n) is 7.07. The van der Waals surface area contributed by atoms with Crippen molar-refractivity contribution in [1.82, 2.24) is 10.2 Å². The summed E-state index contributed by atoms with van der Waals surface area (Å²) in [6.45, 7) is 0. The molecule has 24 heavy (non-hydrogen) atoms. The molecule has 2 aromatic rings. The van der Waals surface area contributed by atoms with E-state index in [1.165, 1.54) is 35.2 Å². The Morgan fingerprint density at radius 3 is 2.71 bits per heavy atom. The Hall–Kier alpha value is -2.20. The molecule has 1 fully saturated rings. The van der Waals surface area contributed by atoms with Crippen LogP contribution in [0, 0.1) is 5.82 Å². The van der Waals surface area contributed by atoms with E-state index < -0.39 is 17.6 Å². The van der Waals surface area contributed by atoms with Gasteiger partial charge in [-0.05, 0) is 37.1 Å². The van der Waals surface area contributed by atoms with Gasteiger partial charge in [0.25, 0.3) is 11.8 Å². The van der Waals surface area contributed by atoms with Crippen LogP contribution in [-0.2, 0) is 4.79 Å². The molecular formula is C14H12FN5O2S2. The summed E-state index contributed by atoms with van der Waals surface area (Å²) in [4.78, 5) is 23.3. The van der Waals surface area contributed by atoms with Crippen molar-refractivity contribution in [3.63, 3.8) is 0 Å². The quantitative estimate of drug-likeness (QED) is 0.624. The predicted molar refractivity (Wildman–Crippen MR) is 87.9 cm³/mol. The maximum absolute atomic E-state index is 12.8. The summed E-state index contributed by atoms with van der Waals surface area (Å²) in [6.07, 6.45) is 2.28. The molecular weight excluding hydrogens is 353 g/mol. The summed E-state index contributed by atoms with van der Waals surface area (Å²) in [5, 5.41) is 18.6. The molecule has 0 spiro atoms. The summed E-state index contributed by atoms with van der Waals surface area (Å²) in [5.41, 5.74) is 0.167. The van der Waals surface area contributed by atoms with Crippen molar-refractivity contribution in [2.45, 2.75) is 23.2 Å². The van der Waals surface area contributed by atoms with Crippen LogP contribution in [0.4, 0.5) is 9.52 Å². The fourth-order valence-electron chi connectivity index (χ4n) is 1.63. The fourth-order valence-corrected chi connectivity index (χ4v) is 3.24. The van der Waals surface area contributed by atoms with E-state index in [1.54, 1.807) is 0 Å². The molecule has 1 aromatic carbocycles. The monoisotopic (exact) mass is 365 g/mol. The molecule has 0 radical (unpaired) electrons. The highest BCUT2D eigenvalue weighted by atomic mass is 32.2. The highest BCUT2D eigenvalue weighted by molar-refractivity contribution is 8.01. The molecule has 1 aliphatic rings. The normalized spacial score (nSPS) is 14.0. The third kappa shape index (κ3) is 4.90. The van der Waals surface area contributed by atoms with E-state index in [0.717, 1.165) is 30.1 Å². The second kappa shape index (κ2) is 7.58. The van der Waals surface area contributed by atoms with Crippen LogP contribution in [0.3, 0.4) is 0 Å². The minimum Gasteiger partial charge on any atom is -0.357 e. The van der Waals surface area contributed by atoms with Crippen molar-refractivity contribution >= 4 is 40.0 Å². The van der Waals surface area contributed by atoms with Gasteiger partial charge in [-0.2, -0.15) is 0 Å². The third-order valence-corrected chi connectivity index (χ3v) is 4.95. The maximum Gasteiger partial charge on any atom is 0.295 e. The number of nitrogens with one attached hydrogen (secondary N) is 1. The van der Waals surface area contributed by atoms with Gasteiger partial charge >= 0.3 is 0 Å². The molecule has 0 aliphatic heterocycles. The molecule has 0 unspecified atom stereocenters. The van der Waals surface area contributed by atoms with E-state index in [2.05, 4.69) is 25.7 Å². The molecule has 1 aromatic heterocycles. The zero-order chi connectivity index (χ0) is 16.9. The lowest BCUT2D eigenvalue weighted by atomic mass is 10.2. The number of amides is 2. The third-order valence-electron chi connectivity index (χ3n) is 2.97. The first-order chi connectivity index (χ1) is 11.6. The van der Waals surface area contributed by atoms with Crippen molar-refractivity contribution < 1.29 is 14.0 Å². The van der Waals surface area contributed by atoms with Gasteiger partial charge in [0.15, 0.2) is 4.34 Å². The van der Waals surface area contributed by atoms with Crippen LogP contribution in [-0.4, -0.2) is 33.8 Å². The zero-order valence-corrected chi connectivity index (χ0v) is 13.9. The van der Waals surface area contributed by atoms with E-state index in [-0.39, 0.29) is 11.3 Å². The van der Waals surface area contributed by atoms with Crippen molar-refractivity contribution in [2.75, 3.05) is 11.1 Å². The van der Waals surface area contributed by atoms with E-state index in [4.69, 9.17) is 0 Å². The molecule has 1 saturated carbocycles. The molecule has 1 aliphatic carbocycles. The van der Waals surface area contributed by atoms with Gasteiger partial charge in [0.05, 0.1) is 5.75 Å². The summed E-state index contributed by atoms with van der Waals surface area (Å²) >= 11 is 2.56. The second-order valence-electron chi connectivity index (χ2n) is 4.99. The highest BCUT2D eigenvalue weighted by Gasteiger charge is 2.22. The average molecular weight is 365 g/mol. The summed E-state index contributed by atoms with van der Waals surface area (Å²) in [5.74, 6) is -1.69. The van der Waals surface area contributed by atoms with E-state index in [0.29, 0.717) is 10.4 Å². The smallest absolute Gasteiger partial charge is 0.295 e. The lowest BCUT2D eigenvalue weighted by Gasteiger charge is -1.94. The van der Waals surface area contributed by atoms with Gasteiger partial charge in [0, 0.05) is 11.6 Å². The van der Waals surface area contributed by atoms with Crippen LogP contribution in [0.1, 0.15) is 23.2 Å². The number of carbonyl (C=O) groups excluding carboxylic acids is 2. The van der Waals surface area contributed by atoms with Gasteiger partial charge in [0.1, 0.15) is 5.82 Å². The van der Waals surface area contributed by atoms with Crippen molar-refractivity contribution in [3.05, 3.63) is 35.6 Å². The largest absolute Gasteiger partial charge is 0.357 e. The SMILES string of the molecule is O=C(CSc1nnc(NC2CC2)s1)N=NC(=O)c1ccc(F)cc1. The minimum atomic E-state index is -0.694. The Balaban J connectivity index is 1.46. The van der Waals surface area contributed by atoms with Gasteiger partial charge in [-0.1, -0.05) is 23.1 Å². The standard InChI is InChI=1S/C14H12FN5O2S2/c15-9-3-1-8(2-4-9)12(22)18-17-11(21)7-23-14-20-19-13(24-14)16-10-5-6-10/h1-4,10H,5-7H2,(H,16,19). The van der Waals surface area contributed by atoms with Gasteiger partial charge in [-0.25, -0.2) is 4.39 Å². The number of hydrogen-bond donors (Lipinski definition) is 1. The van der Waals surface area contributed by atoms with Crippen LogP contribution in [0.5, 0.6) is 0 Å². The predicted octanol–water partition coefficient (Wildman–Crippen LogP) is 3.16. The number of rotatable bonds is 6. The molecule has 1 heterocycles. The van der Waals surface area contributed by atoms with Gasteiger partial charge in [0.2, 0.25) is 5.13 Å². The molecule has 3 rings (SSSR count). The van der Waals surface area contributed by atoms with Crippen molar-refractivity contribution in [1.29, 1.82) is 0 Å². The van der Waals surface area contributed by atoms with Crippen LogP contribution < -0.4 is 5.32 Å². The molecule has 0 saturated heterocycles. The van der Waals surface area contributed by atoms with Crippen molar-refractivity contribution in [3.8, 4) is 0 Å². The lowest BCUT2D eigenvalue weighted by molar-refractivity contribution is -0.115. The molecule has 7 nitrogen and oxygen atoms in total. The van der Waals surface area contributed by atoms with Crippen LogP contribution >= 0.6 is 23.1 Å². The number of hydrogen-bond acceptors (Lipinski definition) is 7. The summed E-state index contributed by atoms with van der Waals surface area (Å²) in [7, 11) is 0. The number of halogens is 1. The number of aromatic nitrogens is 2. The summed E-state index contributed by atoms with van der Waals surface area (Å²) in [6, 6.07) is 5.34. The van der Waals surface area contributed by atoms with E-state index >= 15 is 0 Å². The Morgan fingerprint density at radius 2 is 2.00 bits per heavy atom. The van der Waals surface area contributed by atoms with E-state index in [1.807, 2.05) is 0 Å². The number of benzene rings is 1. The second-order valence-corrected chi connectivity index (χ2v) is 7.19. The van der Waals surface area contributed by atoms with Crippen molar-refractivity contribution in [2.24, 2.45) is 10.2 Å². The number of anilines is 1. The Bertz CT molecular complexity index is 774. The van der Waals surface area contributed by atoms with Gasteiger partial charge < -0.3 is 5.32 Å². The first-order valence-corrected chi connectivity index (χ1v) is 8.87. The Morgan fingerprint density at radius 1 is 1.25 bits per heavy atom. The Kier molecular flexibility index (Phi) is 5.26. The highest BCUT2D eigenvalue weighted by Crippen LogP contribution is 2.30. The fraction of sp³-hybridized carbons (Fsp3) is 0.286. The van der Waals surface area contributed by atoms with Crippen LogP contribution in [0.25, 0.3) is 0 Å². The number of azo groups is 1. The molecule has 10 heteroatoms. The van der Waals surface area contributed by atoms with Crippen LogP contribution in [0.2, 0.25) is 0 Å². The maximum atomic E-state index is 12.8. The summed E-state index contributed by atoms with van der Waals surface area (Å²) < 4.78 is 13.4. The van der Waals surface area contributed by atoms with E-state index in [9.17, 15) is 14.0 Å². The number of thioether (sulfide) groups is 1. The number of carbonyl (C=O) groups is 2. The average Bonchev–Trinajstić information content (AvgIpc) is 3.28. The first kappa shape index (κ1) is 16.7. The minimum absolute atomic E-state index is 0.0122. The van der Waals surface area contributed by atoms with Gasteiger partial charge in [-0.15, -0.1) is 20.4 Å². The topological polar surface area (TPSA) is 96.7 Å².